The van der Waals surface area contributed by atoms with Crippen LogP contribution in [0.4, 0.5) is 10.6 Å². The Kier molecular flexibility index (Phi) is 3.66. The lowest BCUT2D eigenvalue weighted by molar-refractivity contribution is 0.215. The summed E-state index contributed by atoms with van der Waals surface area (Å²) >= 11 is 5.90. The van der Waals surface area contributed by atoms with Crippen molar-refractivity contribution in [2.45, 2.75) is 0 Å². The van der Waals surface area contributed by atoms with E-state index >= 15 is 0 Å². The first kappa shape index (κ1) is 13.3. The number of halogens is 1. The zero-order chi connectivity index (χ0) is 14.7. The first-order valence-corrected chi connectivity index (χ1v) is 6.55. The molecule has 21 heavy (non-hydrogen) atoms. The Labute approximate surface area is 125 Å². The molecule has 0 saturated carbocycles. The van der Waals surface area contributed by atoms with Gasteiger partial charge in [-0.15, -0.1) is 0 Å². The Morgan fingerprint density at radius 1 is 1.10 bits per heavy atom. The second-order valence-corrected chi connectivity index (χ2v) is 4.65. The van der Waals surface area contributed by atoms with Crippen LogP contribution in [0.5, 0.6) is 5.75 Å². The van der Waals surface area contributed by atoms with Gasteiger partial charge in [0.25, 0.3) is 0 Å². The number of hydrogen-bond acceptors (Lipinski definition) is 4. The zero-order valence-corrected chi connectivity index (χ0v) is 11.5. The third-order valence-corrected chi connectivity index (χ3v) is 2.92. The number of aromatic nitrogens is 2. The molecule has 3 rings (SSSR count). The maximum absolute atomic E-state index is 11.8. The van der Waals surface area contributed by atoms with Gasteiger partial charge in [0.1, 0.15) is 5.75 Å². The fourth-order valence-corrected chi connectivity index (χ4v) is 1.94. The van der Waals surface area contributed by atoms with E-state index in [1.807, 2.05) is 6.07 Å². The van der Waals surface area contributed by atoms with Crippen molar-refractivity contribution >= 4 is 34.5 Å². The second kappa shape index (κ2) is 5.76. The molecule has 0 aliphatic heterocycles. The standard InChI is InChI=1S/C15H10ClN3O2/c16-10-6-7-12-13(8-10)18-14(9-17-12)19-15(20)21-11-4-2-1-3-5-11/h1-9H,(H,18,19,20). The van der Waals surface area contributed by atoms with Crippen LogP contribution in [-0.2, 0) is 0 Å². The lowest BCUT2D eigenvalue weighted by Gasteiger charge is -2.06. The van der Waals surface area contributed by atoms with Gasteiger partial charge in [0.05, 0.1) is 17.2 Å². The van der Waals surface area contributed by atoms with E-state index in [0.717, 1.165) is 0 Å². The molecular weight excluding hydrogens is 290 g/mol. The molecule has 0 bridgehead atoms. The van der Waals surface area contributed by atoms with Crippen LogP contribution in [0, 0.1) is 0 Å². The summed E-state index contributed by atoms with van der Waals surface area (Å²) in [6.45, 7) is 0. The number of hydrogen-bond donors (Lipinski definition) is 1. The van der Waals surface area contributed by atoms with Crippen LogP contribution in [-0.4, -0.2) is 16.1 Å². The Hall–Kier alpha value is -2.66. The van der Waals surface area contributed by atoms with Crippen molar-refractivity contribution in [1.29, 1.82) is 0 Å². The van der Waals surface area contributed by atoms with Gasteiger partial charge in [-0.1, -0.05) is 29.8 Å². The van der Waals surface area contributed by atoms with E-state index in [9.17, 15) is 4.79 Å². The molecule has 2 aromatic carbocycles. The highest BCUT2D eigenvalue weighted by molar-refractivity contribution is 6.31. The smallest absolute Gasteiger partial charge is 0.410 e. The zero-order valence-electron chi connectivity index (χ0n) is 10.8. The minimum atomic E-state index is -0.628. The number of nitrogens with one attached hydrogen (secondary N) is 1. The molecule has 3 aromatic rings. The van der Waals surface area contributed by atoms with Gasteiger partial charge in [-0.05, 0) is 30.3 Å². The third-order valence-electron chi connectivity index (χ3n) is 2.69. The van der Waals surface area contributed by atoms with Gasteiger partial charge in [-0.25, -0.2) is 9.78 Å². The highest BCUT2D eigenvalue weighted by atomic mass is 35.5. The fourth-order valence-electron chi connectivity index (χ4n) is 1.77. The average molecular weight is 300 g/mol. The second-order valence-electron chi connectivity index (χ2n) is 4.22. The van der Waals surface area contributed by atoms with Gasteiger partial charge in [0, 0.05) is 5.02 Å². The van der Waals surface area contributed by atoms with E-state index in [1.54, 1.807) is 42.5 Å². The monoisotopic (exact) mass is 299 g/mol. The van der Waals surface area contributed by atoms with Gasteiger partial charge < -0.3 is 4.74 Å². The minimum absolute atomic E-state index is 0.297. The molecule has 0 spiro atoms. The van der Waals surface area contributed by atoms with Gasteiger partial charge in [-0.2, -0.15) is 0 Å². The van der Waals surface area contributed by atoms with E-state index in [4.69, 9.17) is 16.3 Å². The number of fused-ring (bicyclic) bond motifs is 1. The number of amides is 1. The number of carbonyl (C=O) groups excluding carboxylic acids is 1. The molecule has 1 amide bonds. The van der Waals surface area contributed by atoms with Crippen LogP contribution in [0.1, 0.15) is 0 Å². The maximum Gasteiger partial charge on any atom is 0.418 e. The molecule has 0 unspecified atom stereocenters. The van der Waals surface area contributed by atoms with E-state index in [2.05, 4.69) is 15.3 Å². The maximum atomic E-state index is 11.8. The molecule has 0 saturated heterocycles. The fraction of sp³-hybridized carbons (Fsp3) is 0. The molecule has 5 nitrogen and oxygen atoms in total. The van der Waals surface area contributed by atoms with E-state index in [-0.39, 0.29) is 0 Å². The highest BCUT2D eigenvalue weighted by Crippen LogP contribution is 2.17. The van der Waals surface area contributed by atoms with E-state index < -0.39 is 6.09 Å². The van der Waals surface area contributed by atoms with Gasteiger partial charge >= 0.3 is 6.09 Å². The predicted molar refractivity (Wildman–Crippen MR) is 80.6 cm³/mol. The number of nitrogens with zero attached hydrogens (tertiary/aromatic N) is 2. The number of para-hydroxylation sites is 1. The molecule has 1 heterocycles. The molecule has 104 valence electrons. The SMILES string of the molecule is O=C(Nc1cnc2ccc(Cl)cc2n1)Oc1ccccc1. The van der Waals surface area contributed by atoms with Crippen molar-refractivity contribution < 1.29 is 9.53 Å². The molecule has 0 radical (unpaired) electrons. The van der Waals surface area contributed by atoms with Crippen LogP contribution < -0.4 is 10.1 Å². The van der Waals surface area contributed by atoms with Crippen molar-refractivity contribution in [2.24, 2.45) is 0 Å². The van der Waals surface area contributed by atoms with Crippen molar-refractivity contribution in [2.75, 3.05) is 5.32 Å². The Morgan fingerprint density at radius 3 is 2.71 bits per heavy atom. The summed E-state index contributed by atoms with van der Waals surface area (Å²) in [5.74, 6) is 0.748. The predicted octanol–water partition coefficient (Wildman–Crippen LogP) is 3.89. The van der Waals surface area contributed by atoms with Gasteiger partial charge in [-0.3, -0.25) is 10.3 Å². The summed E-state index contributed by atoms with van der Waals surface area (Å²) in [6, 6.07) is 13.9. The molecule has 6 heteroatoms. The molecule has 0 aliphatic carbocycles. The van der Waals surface area contributed by atoms with Crippen molar-refractivity contribution in [3.05, 3.63) is 59.8 Å². The lowest BCUT2D eigenvalue weighted by Crippen LogP contribution is -2.17. The Morgan fingerprint density at radius 2 is 1.90 bits per heavy atom. The number of rotatable bonds is 2. The van der Waals surface area contributed by atoms with Crippen molar-refractivity contribution in [3.63, 3.8) is 0 Å². The Bertz CT molecular complexity index is 793. The van der Waals surface area contributed by atoms with Crippen LogP contribution in [0.3, 0.4) is 0 Å². The lowest BCUT2D eigenvalue weighted by atomic mass is 10.3. The molecule has 0 atom stereocenters. The summed E-state index contributed by atoms with van der Waals surface area (Å²) in [6.07, 6.45) is 0.833. The molecule has 0 fully saturated rings. The average Bonchev–Trinajstić information content (AvgIpc) is 2.47. The van der Waals surface area contributed by atoms with Crippen LogP contribution >= 0.6 is 11.6 Å². The van der Waals surface area contributed by atoms with Crippen LogP contribution in [0.2, 0.25) is 5.02 Å². The number of carbonyl (C=O) groups is 1. The van der Waals surface area contributed by atoms with E-state index in [1.165, 1.54) is 6.20 Å². The van der Waals surface area contributed by atoms with Crippen molar-refractivity contribution in [1.82, 2.24) is 9.97 Å². The largest absolute Gasteiger partial charge is 0.418 e. The summed E-state index contributed by atoms with van der Waals surface area (Å²) in [5, 5.41) is 3.08. The van der Waals surface area contributed by atoms with Gasteiger partial charge in [0.15, 0.2) is 5.82 Å². The van der Waals surface area contributed by atoms with Crippen molar-refractivity contribution in [3.8, 4) is 5.75 Å². The summed E-state index contributed by atoms with van der Waals surface area (Å²) in [4.78, 5) is 20.2. The normalized spacial score (nSPS) is 10.3. The molecule has 1 aromatic heterocycles. The first-order chi connectivity index (χ1) is 10.2. The van der Waals surface area contributed by atoms with Crippen LogP contribution in [0.25, 0.3) is 11.0 Å². The summed E-state index contributed by atoms with van der Waals surface area (Å²) in [7, 11) is 0. The molecular formula is C15H10ClN3O2. The Balaban J connectivity index is 1.76. The first-order valence-electron chi connectivity index (χ1n) is 6.17. The third kappa shape index (κ3) is 3.27. The number of anilines is 1. The summed E-state index contributed by atoms with van der Waals surface area (Å²) < 4.78 is 5.11. The topological polar surface area (TPSA) is 64.1 Å². The minimum Gasteiger partial charge on any atom is -0.410 e. The molecule has 0 aliphatic rings. The highest BCUT2D eigenvalue weighted by Gasteiger charge is 2.07. The number of benzene rings is 2. The molecule has 1 N–H and O–H groups in total. The van der Waals surface area contributed by atoms with Crippen LogP contribution in [0.15, 0.2) is 54.7 Å². The number of ether oxygens (including phenoxy) is 1. The van der Waals surface area contributed by atoms with Gasteiger partial charge in [0.2, 0.25) is 0 Å². The van der Waals surface area contributed by atoms with E-state index in [0.29, 0.717) is 27.6 Å². The summed E-state index contributed by atoms with van der Waals surface area (Å²) in [5.41, 5.74) is 1.29. The quantitative estimate of drug-likeness (QED) is 0.779.